The SMILES string of the molecule is CCCCCCCCC(=O)N(CC(N)=O)CC(=O)O. The van der Waals surface area contributed by atoms with Gasteiger partial charge in [0, 0.05) is 6.42 Å². The number of rotatable bonds is 11. The lowest BCUT2D eigenvalue weighted by atomic mass is 10.1. The van der Waals surface area contributed by atoms with Crippen molar-refractivity contribution in [3.05, 3.63) is 0 Å². The number of amides is 2. The van der Waals surface area contributed by atoms with E-state index < -0.39 is 18.4 Å². The van der Waals surface area contributed by atoms with Crippen molar-refractivity contribution < 1.29 is 19.5 Å². The number of carbonyl (C=O) groups is 3. The lowest BCUT2D eigenvalue weighted by Gasteiger charge is -2.18. The third kappa shape index (κ3) is 10.1. The molecule has 0 fully saturated rings. The number of unbranched alkanes of at least 4 members (excludes halogenated alkanes) is 5. The molecule has 0 heterocycles. The second kappa shape index (κ2) is 10.3. The highest BCUT2D eigenvalue weighted by Crippen LogP contribution is 2.08. The average molecular weight is 272 g/mol. The minimum absolute atomic E-state index is 0.271. The standard InChI is InChI=1S/C13H24N2O4/c1-2-3-4-5-6-7-8-12(17)15(9-11(14)16)10-13(18)19/h2-10H2,1H3,(H2,14,16)(H,18,19). The van der Waals surface area contributed by atoms with E-state index in [-0.39, 0.29) is 18.9 Å². The van der Waals surface area contributed by atoms with E-state index in [1.54, 1.807) is 0 Å². The van der Waals surface area contributed by atoms with Crippen LogP contribution in [0.3, 0.4) is 0 Å². The Hall–Kier alpha value is -1.59. The Morgan fingerprint density at radius 3 is 2.11 bits per heavy atom. The van der Waals surface area contributed by atoms with Gasteiger partial charge in [-0.1, -0.05) is 39.0 Å². The molecule has 0 atom stereocenters. The van der Waals surface area contributed by atoms with Gasteiger partial charge in [-0.3, -0.25) is 14.4 Å². The fourth-order valence-corrected chi connectivity index (χ4v) is 1.80. The Labute approximate surface area is 113 Å². The Kier molecular flexibility index (Phi) is 9.48. The van der Waals surface area contributed by atoms with Crippen LogP contribution in [0.2, 0.25) is 0 Å². The smallest absolute Gasteiger partial charge is 0.323 e. The van der Waals surface area contributed by atoms with Crippen LogP contribution in [0.5, 0.6) is 0 Å². The van der Waals surface area contributed by atoms with Gasteiger partial charge in [-0.05, 0) is 6.42 Å². The number of nitrogens with two attached hydrogens (primary N) is 1. The summed E-state index contributed by atoms with van der Waals surface area (Å²) in [6, 6.07) is 0. The molecule has 0 unspecified atom stereocenters. The monoisotopic (exact) mass is 272 g/mol. The summed E-state index contributed by atoms with van der Waals surface area (Å²) in [6.45, 7) is 1.33. The number of carboxylic acid groups (broad SMARTS) is 1. The van der Waals surface area contributed by atoms with E-state index in [0.29, 0.717) is 0 Å². The topological polar surface area (TPSA) is 101 Å². The van der Waals surface area contributed by atoms with E-state index >= 15 is 0 Å². The average Bonchev–Trinajstić information content (AvgIpc) is 2.31. The summed E-state index contributed by atoms with van der Waals surface area (Å²) in [7, 11) is 0. The first-order valence-electron chi connectivity index (χ1n) is 6.75. The normalized spacial score (nSPS) is 10.2. The first kappa shape index (κ1) is 17.4. The van der Waals surface area contributed by atoms with Gasteiger partial charge in [0.05, 0.1) is 6.54 Å². The molecule has 6 heteroatoms. The van der Waals surface area contributed by atoms with Crippen LogP contribution in [0, 0.1) is 0 Å². The molecule has 0 aromatic rings. The molecule has 6 nitrogen and oxygen atoms in total. The molecule has 0 radical (unpaired) electrons. The van der Waals surface area contributed by atoms with Crippen molar-refractivity contribution in [2.24, 2.45) is 5.73 Å². The highest BCUT2D eigenvalue weighted by Gasteiger charge is 2.17. The predicted molar refractivity (Wildman–Crippen MR) is 71.4 cm³/mol. The Balaban J connectivity index is 3.96. The molecule has 19 heavy (non-hydrogen) atoms. The van der Waals surface area contributed by atoms with E-state index in [1.807, 2.05) is 0 Å². The number of carbonyl (C=O) groups excluding carboxylic acids is 2. The molecule has 0 bridgehead atoms. The molecule has 110 valence electrons. The van der Waals surface area contributed by atoms with Crippen molar-refractivity contribution in [3.63, 3.8) is 0 Å². The minimum Gasteiger partial charge on any atom is -0.480 e. The van der Waals surface area contributed by atoms with Gasteiger partial charge in [0.1, 0.15) is 6.54 Å². The van der Waals surface area contributed by atoms with E-state index in [4.69, 9.17) is 10.8 Å². The molecule has 0 aromatic heterocycles. The molecular formula is C13H24N2O4. The lowest BCUT2D eigenvalue weighted by molar-refractivity contribution is -0.145. The summed E-state index contributed by atoms with van der Waals surface area (Å²) in [5.41, 5.74) is 4.99. The van der Waals surface area contributed by atoms with Crippen LogP contribution in [-0.2, 0) is 14.4 Å². The number of aliphatic carboxylic acids is 1. The number of nitrogens with zero attached hydrogens (tertiary/aromatic N) is 1. The summed E-state index contributed by atoms with van der Waals surface area (Å²) < 4.78 is 0. The summed E-state index contributed by atoms with van der Waals surface area (Å²) in [4.78, 5) is 34.1. The first-order chi connectivity index (χ1) is 8.97. The summed E-state index contributed by atoms with van der Waals surface area (Å²) in [5, 5.41) is 8.67. The fraction of sp³-hybridized carbons (Fsp3) is 0.769. The number of hydrogen-bond donors (Lipinski definition) is 2. The second-order valence-electron chi connectivity index (χ2n) is 4.63. The van der Waals surface area contributed by atoms with Gasteiger partial charge >= 0.3 is 5.97 Å². The van der Waals surface area contributed by atoms with Crippen molar-refractivity contribution in [1.29, 1.82) is 0 Å². The Morgan fingerprint density at radius 1 is 1.00 bits per heavy atom. The van der Waals surface area contributed by atoms with Crippen LogP contribution >= 0.6 is 0 Å². The zero-order valence-electron chi connectivity index (χ0n) is 11.6. The fourth-order valence-electron chi connectivity index (χ4n) is 1.80. The number of carboxylic acids is 1. The van der Waals surface area contributed by atoms with Crippen LogP contribution in [0.25, 0.3) is 0 Å². The molecular weight excluding hydrogens is 248 g/mol. The van der Waals surface area contributed by atoms with Crippen LogP contribution < -0.4 is 5.73 Å². The maximum Gasteiger partial charge on any atom is 0.323 e. The van der Waals surface area contributed by atoms with Gasteiger partial charge in [0.25, 0.3) is 0 Å². The maximum absolute atomic E-state index is 11.8. The van der Waals surface area contributed by atoms with Crippen molar-refractivity contribution >= 4 is 17.8 Å². The maximum atomic E-state index is 11.8. The largest absolute Gasteiger partial charge is 0.480 e. The minimum atomic E-state index is -1.14. The van der Waals surface area contributed by atoms with E-state index in [2.05, 4.69) is 6.92 Å². The van der Waals surface area contributed by atoms with Gasteiger partial charge < -0.3 is 15.7 Å². The lowest BCUT2D eigenvalue weighted by Crippen LogP contribution is -2.41. The predicted octanol–water partition coefficient (Wildman–Crippen LogP) is 1.14. The zero-order chi connectivity index (χ0) is 14.7. The van der Waals surface area contributed by atoms with E-state index in [1.165, 1.54) is 12.8 Å². The van der Waals surface area contributed by atoms with Crippen molar-refractivity contribution in [2.75, 3.05) is 13.1 Å². The summed E-state index contributed by atoms with van der Waals surface area (Å²) in [5.74, 6) is -2.16. The molecule has 2 amide bonds. The molecule has 3 N–H and O–H groups in total. The van der Waals surface area contributed by atoms with Crippen LogP contribution in [-0.4, -0.2) is 40.9 Å². The van der Waals surface area contributed by atoms with Gasteiger partial charge in [0.2, 0.25) is 11.8 Å². The van der Waals surface area contributed by atoms with Gasteiger partial charge in [0.15, 0.2) is 0 Å². The quantitative estimate of drug-likeness (QED) is 0.551. The highest BCUT2D eigenvalue weighted by molar-refractivity contribution is 5.86. The van der Waals surface area contributed by atoms with Crippen molar-refractivity contribution in [1.82, 2.24) is 4.90 Å². The van der Waals surface area contributed by atoms with Crippen LogP contribution in [0.15, 0.2) is 0 Å². The molecule has 0 aliphatic carbocycles. The van der Waals surface area contributed by atoms with Crippen LogP contribution in [0.1, 0.15) is 51.9 Å². The van der Waals surface area contributed by atoms with E-state index in [0.717, 1.165) is 30.6 Å². The molecule has 0 saturated heterocycles. The Bertz CT molecular complexity index is 289. The van der Waals surface area contributed by atoms with Gasteiger partial charge in [-0.25, -0.2) is 0 Å². The molecule has 0 rings (SSSR count). The van der Waals surface area contributed by atoms with Crippen LogP contribution in [0.4, 0.5) is 0 Å². The van der Waals surface area contributed by atoms with Crippen molar-refractivity contribution in [2.45, 2.75) is 51.9 Å². The third-order valence-corrected chi connectivity index (χ3v) is 2.77. The van der Waals surface area contributed by atoms with E-state index in [9.17, 15) is 14.4 Å². The summed E-state index contributed by atoms with van der Waals surface area (Å²) in [6.07, 6.45) is 6.54. The third-order valence-electron chi connectivity index (χ3n) is 2.77. The Morgan fingerprint density at radius 2 is 1.58 bits per heavy atom. The number of hydrogen-bond acceptors (Lipinski definition) is 3. The molecule has 0 saturated carbocycles. The van der Waals surface area contributed by atoms with Crippen molar-refractivity contribution in [3.8, 4) is 0 Å². The van der Waals surface area contributed by atoms with Gasteiger partial charge in [-0.15, -0.1) is 0 Å². The highest BCUT2D eigenvalue weighted by atomic mass is 16.4. The zero-order valence-corrected chi connectivity index (χ0v) is 11.6. The number of primary amides is 1. The summed E-state index contributed by atoms with van der Waals surface area (Å²) >= 11 is 0. The first-order valence-corrected chi connectivity index (χ1v) is 6.75. The molecule has 0 spiro atoms. The second-order valence-corrected chi connectivity index (χ2v) is 4.63. The molecule has 0 aliphatic rings. The van der Waals surface area contributed by atoms with Gasteiger partial charge in [-0.2, -0.15) is 0 Å². The molecule has 0 aliphatic heterocycles. The molecule has 0 aromatic carbocycles.